The normalized spacial score (nSPS) is 23.0. The molecule has 1 saturated carbocycles. The Morgan fingerprint density at radius 3 is 2.88 bits per heavy atom. The van der Waals surface area contributed by atoms with Crippen molar-refractivity contribution in [2.45, 2.75) is 25.0 Å². The van der Waals surface area contributed by atoms with Gasteiger partial charge in [-0.1, -0.05) is 15.9 Å². The van der Waals surface area contributed by atoms with Crippen LogP contribution in [0.4, 0.5) is 0 Å². The fraction of sp³-hybridized carbons (Fsp3) is 0.417. The highest BCUT2D eigenvalue weighted by atomic mass is 127. The van der Waals surface area contributed by atoms with E-state index >= 15 is 0 Å². The average molecular weight is 410 g/mol. The van der Waals surface area contributed by atoms with Crippen LogP contribution in [0.2, 0.25) is 0 Å². The van der Waals surface area contributed by atoms with Crippen LogP contribution in [0.1, 0.15) is 23.2 Å². The summed E-state index contributed by atoms with van der Waals surface area (Å²) >= 11 is 5.55. The molecule has 0 radical (unpaired) electrons. The van der Waals surface area contributed by atoms with Crippen molar-refractivity contribution >= 4 is 44.4 Å². The first-order valence-corrected chi connectivity index (χ1v) is 7.26. The first-order valence-electron chi connectivity index (χ1n) is 5.39. The van der Waals surface area contributed by atoms with E-state index in [9.17, 15) is 4.79 Å². The minimum atomic E-state index is -0.00440. The van der Waals surface area contributed by atoms with E-state index in [0.29, 0.717) is 6.10 Å². The molecule has 2 rings (SSSR count). The SMILES string of the molecule is COC1CC(NC(=O)c2cc(Br)ccc2I)C1. The number of amides is 1. The lowest BCUT2D eigenvalue weighted by Crippen LogP contribution is -2.47. The second-order valence-corrected chi connectivity index (χ2v) is 6.20. The van der Waals surface area contributed by atoms with Crippen LogP contribution in [-0.2, 0) is 4.74 Å². The van der Waals surface area contributed by atoms with Gasteiger partial charge in [0.05, 0.1) is 11.7 Å². The molecule has 0 unspecified atom stereocenters. The van der Waals surface area contributed by atoms with Crippen molar-refractivity contribution in [1.29, 1.82) is 0 Å². The number of methoxy groups -OCH3 is 1. The van der Waals surface area contributed by atoms with E-state index in [-0.39, 0.29) is 11.9 Å². The second-order valence-electron chi connectivity index (χ2n) is 4.12. The third kappa shape index (κ3) is 3.20. The van der Waals surface area contributed by atoms with E-state index in [1.807, 2.05) is 18.2 Å². The van der Waals surface area contributed by atoms with E-state index in [2.05, 4.69) is 43.8 Å². The number of nitrogens with one attached hydrogen (secondary N) is 1. The Morgan fingerprint density at radius 2 is 2.24 bits per heavy atom. The summed E-state index contributed by atoms with van der Waals surface area (Å²) in [5.41, 5.74) is 0.723. The number of carbonyl (C=O) groups is 1. The average Bonchev–Trinajstić information content (AvgIpc) is 2.25. The first kappa shape index (κ1) is 13.3. The molecule has 0 atom stereocenters. The summed E-state index contributed by atoms with van der Waals surface area (Å²) in [6.45, 7) is 0. The van der Waals surface area contributed by atoms with Crippen LogP contribution in [0.3, 0.4) is 0 Å². The molecule has 3 nitrogen and oxygen atoms in total. The molecule has 92 valence electrons. The van der Waals surface area contributed by atoms with Gasteiger partial charge in [0.15, 0.2) is 0 Å². The van der Waals surface area contributed by atoms with Gasteiger partial charge < -0.3 is 10.1 Å². The van der Waals surface area contributed by atoms with Crippen LogP contribution < -0.4 is 5.32 Å². The third-order valence-electron chi connectivity index (χ3n) is 2.94. The number of rotatable bonds is 3. The number of carbonyl (C=O) groups excluding carboxylic acids is 1. The minimum Gasteiger partial charge on any atom is -0.381 e. The van der Waals surface area contributed by atoms with Crippen molar-refractivity contribution in [3.63, 3.8) is 0 Å². The molecule has 1 aliphatic carbocycles. The minimum absolute atomic E-state index is 0.00440. The molecule has 1 amide bonds. The molecular formula is C12H13BrINO2. The second kappa shape index (κ2) is 5.67. The van der Waals surface area contributed by atoms with Gasteiger partial charge in [0.2, 0.25) is 0 Å². The van der Waals surface area contributed by atoms with Crippen LogP contribution >= 0.6 is 38.5 Å². The topological polar surface area (TPSA) is 38.3 Å². The Kier molecular flexibility index (Phi) is 4.43. The number of halogens is 2. The number of hydrogen-bond donors (Lipinski definition) is 1. The van der Waals surface area contributed by atoms with E-state index in [4.69, 9.17) is 4.74 Å². The van der Waals surface area contributed by atoms with Gasteiger partial charge >= 0.3 is 0 Å². The maximum absolute atomic E-state index is 12.0. The predicted octanol–water partition coefficient (Wildman–Crippen LogP) is 2.96. The molecule has 1 aromatic carbocycles. The van der Waals surface area contributed by atoms with Crippen LogP contribution in [0, 0.1) is 3.57 Å². The molecule has 0 aliphatic heterocycles. The van der Waals surface area contributed by atoms with Crippen molar-refractivity contribution in [1.82, 2.24) is 5.32 Å². The molecule has 1 N–H and O–H groups in total. The maximum Gasteiger partial charge on any atom is 0.252 e. The molecule has 0 bridgehead atoms. The Morgan fingerprint density at radius 1 is 1.53 bits per heavy atom. The molecule has 0 aromatic heterocycles. The highest BCUT2D eigenvalue weighted by Gasteiger charge is 2.30. The Labute approximate surface area is 123 Å². The van der Waals surface area contributed by atoms with E-state index in [1.165, 1.54) is 0 Å². The fourth-order valence-electron chi connectivity index (χ4n) is 1.81. The molecule has 17 heavy (non-hydrogen) atoms. The van der Waals surface area contributed by atoms with Gasteiger partial charge in [-0.2, -0.15) is 0 Å². The van der Waals surface area contributed by atoms with Crippen LogP contribution in [0.25, 0.3) is 0 Å². The van der Waals surface area contributed by atoms with Crippen LogP contribution in [0.15, 0.2) is 22.7 Å². The summed E-state index contributed by atoms with van der Waals surface area (Å²) in [5, 5.41) is 3.02. The van der Waals surface area contributed by atoms with Crippen molar-refractivity contribution in [3.05, 3.63) is 31.8 Å². The smallest absolute Gasteiger partial charge is 0.252 e. The quantitative estimate of drug-likeness (QED) is 0.779. The zero-order chi connectivity index (χ0) is 12.4. The zero-order valence-corrected chi connectivity index (χ0v) is 13.1. The summed E-state index contributed by atoms with van der Waals surface area (Å²) in [4.78, 5) is 12.0. The highest BCUT2D eigenvalue weighted by molar-refractivity contribution is 14.1. The van der Waals surface area contributed by atoms with Gasteiger partial charge in [-0.3, -0.25) is 4.79 Å². The summed E-state index contributed by atoms with van der Waals surface area (Å²) in [6, 6.07) is 5.97. The van der Waals surface area contributed by atoms with Gasteiger partial charge in [-0.25, -0.2) is 0 Å². The largest absolute Gasteiger partial charge is 0.381 e. The summed E-state index contributed by atoms with van der Waals surface area (Å²) < 4.78 is 7.07. The predicted molar refractivity (Wildman–Crippen MR) is 78.1 cm³/mol. The lowest BCUT2D eigenvalue weighted by atomic mass is 9.89. The summed E-state index contributed by atoms with van der Waals surface area (Å²) in [5.74, 6) is -0.00440. The molecule has 1 aromatic rings. The zero-order valence-electron chi connectivity index (χ0n) is 9.37. The van der Waals surface area contributed by atoms with Gasteiger partial charge in [0, 0.05) is 21.2 Å². The monoisotopic (exact) mass is 409 g/mol. The first-order chi connectivity index (χ1) is 8.10. The Balaban J connectivity index is 1.98. The third-order valence-corrected chi connectivity index (χ3v) is 4.37. The molecule has 5 heteroatoms. The molecule has 0 spiro atoms. The molecular weight excluding hydrogens is 397 g/mol. The Hall–Kier alpha value is -0.140. The van der Waals surface area contributed by atoms with Crippen LogP contribution in [-0.4, -0.2) is 25.2 Å². The standard InChI is InChI=1S/C12H13BrINO2/c1-17-9-5-8(6-9)15-12(16)10-4-7(13)2-3-11(10)14/h2-4,8-9H,5-6H2,1H3,(H,15,16). The molecule has 1 fully saturated rings. The van der Waals surface area contributed by atoms with Gasteiger partial charge in [0.1, 0.15) is 0 Å². The Bertz CT molecular complexity index is 433. The van der Waals surface area contributed by atoms with Crippen molar-refractivity contribution in [3.8, 4) is 0 Å². The summed E-state index contributed by atoms with van der Waals surface area (Å²) in [7, 11) is 1.71. The van der Waals surface area contributed by atoms with Crippen LogP contribution in [0.5, 0.6) is 0 Å². The molecule has 0 heterocycles. The van der Waals surface area contributed by atoms with E-state index in [1.54, 1.807) is 7.11 Å². The number of benzene rings is 1. The van der Waals surface area contributed by atoms with Crippen molar-refractivity contribution < 1.29 is 9.53 Å². The lowest BCUT2D eigenvalue weighted by molar-refractivity contribution is 0.0176. The van der Waals surface area contributed by atoms with Gasteiger partial charge in [-0.05, 0) is 53.6 Å². The van der Waals surface area contributed by atoms with Crippen molar-refractivity contribution in [2.24, 2.45) is 0 Å². The van der Waals surface area contributed by atoms with Gasteiger partial charge in [-0.15, -0.1) is 0 Å². The van der Waals surface area contributed by atoms with E-state index < -0.39 is 0 Å². The van der Waals surface area contributed by atoms with Crippen molar-refractivity contribution in [2.75, 3.05) is 7.11 Å². The summed E-state index contributed by atoms with van der Waals surface area (Å²) in [6.07, 6.45) is 2.13. The highest BCUT2D eigenvalue weighted by Crippen LogP contribution is 2.24. The number of hydrogen-bond acceptors (Lipinski definition) is 2. The lowest BCUT2D eigenvalue weighted by Gasteiger charge is -2.34. The maximum atomic E-state index is 12.0. The molecule has 0 saturated heterocycles. The molecule has 1 aliphatic rings. The van der Waals surface area contributed by atoms with Gasteiger partial charge in [0.25, 0.3) is 5.91 Å². The number of ether oxygens (including phenoxy) is 1. The van der Waals surface area contributed by atoms with E-state index in [0.717, 1.165) is 26.4 Å². The fourth-order valence-corrected chi connectivity index (χ4v) is 2.75.